The first-order valence-corrected chi connectivity index (χ1v) is 21.7. The Kier molecular flexibility index (Phi) is 14.9. The molecule has 6 aliphatic rings. The molecule has 62 heavy (non-hydrogen) atoms. The van der Waals surface area contributed by atoms with Crippen LogP contribution >= 0.6 is 0 Å². The Bertz CT molecular complexity index is 1900. The van der Waals surface area contributed by atoms with Gasteiger partial charge in [-0.15, -0.1) is 4.28 Å². The molecule has 6 heterocycles. The van der Waals surface area contributed by atoms with Gasteiger partial charge in [-0.1, -0.05) is 0 Å². The van der Waals surface area contributed by atoms with Crippen LogP contribution in [-0.2, 0) is 43.4 Å². The number of hydrogen-bond donors (Lipinski definition) is 4. The number of nitrogens with zero attached hydrogens (tertiary/aromatic N) is 8. The Labute approximate surface area is 359 Å². The largest absolute Gasteiger partial charge is 0.442 e. The minimum absolute atomic E-state index is 0.0873. The smallest absolute Gasteiger partial charge is 0.435 e. The number of amides is 8. The molecule has 4 bridgehead atoms. The van der Waals surface area contributed by atoms with Crippen LogP contribution in [0.1, 0.15) is 93.9 Å². The van der Waals surface area contributed by atoms with Gasteiger partial charge in [0.2, 0.25) is 0 Å². The van der Waals surface area contributed by atoms with Crippen LogP contribution in [0.5, 0.6) is 0 Å². The number of carbonyl (C=O) groups excluding carboxylic acids is 6. The van der Waals surface area contributed by atoms with Crippen LogP contribution in [0.15, 0.2) is 9.98 Å². The average Bonchev–Trinajstić information content (AvgIpc) is 3.93. The third-order valence-corrected chi connectivity index (χ3v) is 10.9. The van der Waals surface area contributed by atoms with E-state index in [1.165, 1.54) is 9.80 Å². The van der Waals surface area contributed by atoms with Gasteiger partial charge in [0.1, 0.15) is 47.2 Å². The van der Waals surface area contributed by atoms with Crippen molar-refractivity contribution >= 4 is 58.1 Å². The van der Waals surface area contributed by atoms with Crippen LogP contribution < -0.4 is 11.0 Å². The van der Waals surface area contributed by atoms with Crippen molar-refractivity contribution in [1.29, 1.82) is 0 Å². The molecule has 0 aromatic carbocycles. The Morgan fingerprint density at radius 1 is 0.661 bits per heavy atom. The molecule has 25 nitrogen and oxygen atoms in total. The number of rotatable bonds is 8. The summed E-state index contributed by atoms with van der Waals surface area (Å²) in [4.78, 5) is 98.3. The lowest BCUT2D eigenvalue weighted by Crippen LogP contribution is -2.50. The number of likely N-dealkylation sites (tertiary alicyclic amines) is 2. The molecule has 0 radical (unpaired) electrons. The van der Waals surface area contributed by atoms with Gasteiger partial charge < -0.3 is 29.1 Å². The molecule has 6 atom stereocenters. The second kappa shape index (κ2) is 19.2. The zero-order valence-electron chi connectivity index (χ0n) is 36.1. The van der Waals surface area contributed by atoms with Gasteiger partial charge in [0.15, 0.2) is 0 Å². The summed E-state index contributed by atoms with van der Waals surface area (Å²) in [5, 5.41) is 11.0. The van der Waals surface area contributed by atoms with E-state index < -0.39 is 75.8 Å². The molecule has 6 rings (SSSR count). The molecular formula is C36H58N10O15S. The fourth-order valence-electron chi connectivity index (χ4n) is 7.66. The highest BCUT2D eigenvalue weighted by molar-refractivity contribution is 7.80. The van der Waals surface area contributed by atoms with Crippen molar-refractivity contribution in [3.05, 3.63) is 0 Å². The SMILES string of the molecule is CC(=NC(=O)OC(C)(C)C)N1CCC(ONC(=O)[C@@H]2CC[C@@H]3CN2C(=O)N3O)C1.CC(=NC(=O)OC(C)(C)C)N1CCC(ONC(=O)[C@@H]2CC[C@@H]3CN2C(=O)N3OS(=O)(=O)O)C1. The molecule has 0 aliphatic carbocycles. The number of nitrogens with one attached hydrogen (secondary N) is 2. The van der Waals surface area contributed by atoms with Gasteiger partial charge in [0.05, 0.1) is 12.1 Å². The standard InChI is InChI=1S/C18H29N5O9S.C18H29N5O6/c1-11(19-16(25)30-18(2,3)4)21-8-7-13(10-21)31-20-15(24)14-6-5-12-9-22(14)17(26)23(12)32-33(27,28)29;1-11(19-16(25)28-18(2,3)4)21-8-7-13(10-21)29-20-15(24)14-6-5-12-9-22(14)17(26)23(12)27/h12-14H,5-10H2,1-4H3,(H,20,24)(H,27,28,29);12-14,27H,5-10H2,1-4H3,(H,20,24)/t2*12-,13?,14+/m11/s1. The first-order valence-electron chi connectivity index (χ1n) is 20.3. The molecule has 6 fully saturated rings. The minimum Gasteiger partial charge on any atom is -0.442 e. The Balaban J connectivity index is 0.000000236. The number of ether oxygens (including phenoxy) is 2. The third-order valence-electron chi connectivity index (χ3n) is 10.6. The lowest BCUT2D eigenvalue weighted by molar-refractivity contribution is -0.143. The zero-order chi connectivity index (χ0) is 45.9. The van der Waals surface area contributed by atoms with Gasteiger partial charge in [-0.2, -0.15) is 23.5 Å². The molecule has 26 heteroatoms. The van der Waals surface area contributed by atoms with Crippen molar-refractivity contribution in [1.82, 2.24) is 40.7 Å². The number of urea groups is 2. The van der Waals surface area contributed by atoms with E-state index in [1.54, 1.807) is 55.4 Å². The topological polar surface area (TPSA) is 291 Å². The number of hydrogen-bond acceptors (Lipinski definition) is 14. The summed E-state index contributed by atoms with van der Waals surface area (Å²) in [6.07, 6.45) is 0.907. The summed E-state index contributed by atoms with van der Waals surface area (Å²) in [5.74, 6) is 0.0556. The molecule has 6 saturated heterocycles. The van der Waals surface area contributed by atoms with E-state index in [0.29, 0.717) is 86.6 Å². The fourth-order valence-corrected chi connectivity index (χ4v) is 8.05. The number of hydroxylamine groups is 6. The predicted octanol–water partition coefficient (Wildman–Crippen LogP) is 1.58. The van der Waals surface area contributed by atoms with Crippen LogP contribution in [0.3, 0.4) is 0 Å². The van der Waals surface area contributed by atoms with Gasteiger partial charge >= 0.3 is 34.6 Å². The maximum absolute atomic E-state index is 12.6. The first-order chi connectivity index (χ1) is 28.8. The lowest BCUT2D eigenvalue weighted by atomic mass is 10.0. The van der Waals surface area contributed by atoms with E-state index >= 15 is 0 Å². The number of fused-ring (bicyclic) bond motifs is 4. The summed E-state index contributed by atoms with van der Waals surface area (Å²) in [6.45, 7) is 16.5. The molecular weight excluding hydrogens is 845 g/mol. The monoisotopic (exact) mass is 902 g/mol. The summed E-state index contributed by atoms with van der Waals surface area (Å²) < 4.78 is 45.5. The number of carbonyl (C=O) groups is 6. The maximum Gasteiger partial charge on any atom is 0.435 e. The molecule has 0 aromatic rings. The molecule has 8 amide bonds. The Morgan fingerprint density at radius 3 is 1.52 bits per heavy atom. The van der Waals surface area contributed by atoms with Crippen LogP contribution in [0, 0.1) is 0 Å². The summed E-state index contributed by atoms with van der Waals surface area (Å²) in [7, 11) is -4.86. The van der Waals surface area contributed by atoms with E-state index in [-0.39, 0.29) is 31.2 Å². The second-order valence-electron chi connectivity index (χ2n) is 17.7. The van der Waals surface area contributed by atoms with E-state index in [9.17, 15) is 42.4 Å². The molecule has 0 saturated carbocycles. The van der Waals surface area contributed by atoms with Gasteiger partial charge in [-0.05, 0) is 93.9 Å². The van der Waals surface area contributed by atoms with Gasteiger partial charge in [-0.25, -0.2) is 35.2 Å². The summed E-state index contributed by atoms with van der Waals surface area (Å²) in [5.41, 5.74) is 3.57. The van der Waals surface area contributed by atoms with Crippen molar-refractivity contribution in [3.8, 4) is 0 Å². The molecule has 2 unspecified atom stereocenters. The summed E-state index contributed by atoms with van der Waals surface area (Å²) >= 11 is 0. The molecule has 0 spiro atoms. The zero-order valence-corrected chi connectivity index (χ0v) is 37.0. The van der Waals surface area contributed by atoms with Crippen LogP contribution in [0.25, 0.3) is 0 Å². The highest BCUT2D eigenvalue weighted by Gasteiger charge is 2.50. The maximum atomic E-state index is 12.6. The minimum atomic E-state index is -4.86. The average molecular weight is 903 g/mol. The van der Waals surface area contributed by atoms with Gasteiger partial charge in [0, 0.05) is 39.3 Å². The van der Waals surface area contributed by atoms with Crippen molar-refractivity contribution in [2.24, 2.45) is 9.98 Å². The van der Waals surface area contributed by atoms with E-state index in [2.05, 4.69) is 25.2 Å². The number of amidine groups is 2. The van der Waals surface area contributed by atoms with E-state index in [1.807, 2.05) is 9.80 Å². The normalized spacial score (nSPS) is 26.7. The molecule has 6 aliphatic heterocycles. The molecule has 348 valence electrons. The van der Waals surface area contributed by atoms with E-state index in [4.69, 9.17) is 23.7 Å². The van der Waals surface area contributed by atoms with Crippen LogP contribution in [0.2, 0.25) is 0 Å². The van der Waals surface area contributed by atoms with Crippen molar-refractivity contribution in [3.63, 3.8) is 0 Å². The van der Waals surface area contributed by atoms with Gasteiger partial charge in [0.25, 0.3) is 11.8 Å². The van der Waals surface area contributed by atoms with Crippen LogP contribution in [0.4, 0.5) is 19.2 Å². The quantitative estimate of drug-likeness (QED) is 0.0884. The van der Waals surface area contributed by atoms with Crippen molar-refractivity contribution < 1.29 is 70.4 Å². The third kappa shape index (κ3) is 12.8. The van der Waals surface area contributed by atoms with Crippen molar-refractivity contribution in [2.75, 3.05) is 39.3 Å². The lowest BCUT2D eigenvalue weighted by Gasteiger charge is -2.29. The summed E-state index contributed by atoms with van der Waals surface area (Å²) in [6, 6.07) is -3.71. The number of piperidine rings is 2. The van der Waals surface area contributed by atoms with Gasteiger partial charge in [-0.3, -0.25) is 29.0 Å². The number of aliphatic imine (C=N–C) groups is 2. The molecule has 4 N–H and O–H groups in total. The van der Waals surface area contributed by atoms with Crippen molar-refractivity contribution in [2.45, 2.75) is 141 Å². The van der Waals surface area contributed by atoms with Crippen LogP contribution in [-0.4, -0.2) is 182 Å². The Hall–Kier alpha value is -4.89. The molecule has 0 aromatic heterocycles. The first kappa shape index (κ1) is 48.1. The Morgan fingerprint density at radius 2 is 1.08 bits per heavy atom. The predicted molar refractivity (Wildman–Crippen MR) is 213 cm³/mol. The second-order valence-corrected chi connectivity index (χ2v) is 18.7. The van der Waals surface area contributed by atoms with E-state index in [0.717, 1.165) is 0 Å². The fraction of sp³-hybridized carbons (Fsp3) is 0.778. The highest BCUT2D eigenvalue weighted by Crippen LogP contribution is 2.31. The highest BCUT2D eigenvalue weighted by atomic mass is 32.3.